The Morgan fingerprint density at radius 2 is 1.74 bits per heavy atom. The highest BCUT2D eigenvalue weighted by atomic mass is 19.1. The highest BCUT2D eigenvalue weighted by Crippen LogP contribution is 2.35. The first-order valence-corrected chi connectivity index (χ1v) is 9.43. The Kier molecular flexibility index (Phi) is 5.66. The lowest BCUT2D eigenvalue weighted by atomic mass is 10.1. The first kappa shape index (κ1) is 20.2. The molecule has 1 heterocycles. The molecular weight excluding hydrogens is 399 g/mol. The molecule has 1 amide bonds. The maximum absolute atomic E-state index is 13.1. The van der Waals surface area contributed by atoms with Gasteiger partial charge in [0.25, 0.3) is 5.91 Å². The van der Waals surface area contributed by atoms with Gasteiger partial charge < -0.3 is 19.2 Å². The van der Waals surface area contributed by atoms with E-state index in [0.29, 0.717) is 39.6 Å². The highest BCUT2D eigenvalue weighted by Gasteiger charge is 2.18. The first-order valence-electron chi connectivity index (χ1n) is 9.43. The number of carbonyl (C=O) groups excluding carboxylic acids is 1. The van der Waals surface area contributed by atoms with Crippen LogP contribution in [0.15, 0.2) is 77.3 Å². The van der Waals surface area contributed by atoms with Gasteiger partial charge in [-0.05, 0) is 48.5 Å². The number of aromatic nitrogens is 1. The number of amides is 1. The molecule has 3 aromatic carbocycles. The molecule has 0 aliphatic carbocycles. The summed E-state index contributed by atoms with van der Waals surface area (Å²) >= 11 is 0. The number of methoxy groups -OCH3 is 2. The van der Waals surface area contributed by atoms with Crippen LogP contribution in [0.5, 0.6) is 11.5 Å². The van der Waals surface area contributed by atoms with E-state index in [2.05, 4.69) is 10.3 Å². The number of hydrogen-bond donors (Lipinski definition) is 1. The third-order valence-electron chi connectivity index (χ3n) is 4.68. The molecule has 0 bridgehead atoms. The molecule has 1 N–H and O–H groups in total. The van der Waals surface area contributed by atoms with Crippen LogP contribution in [-0.4, -0.2) is 25.1 Å². The van der Waals surface area contributed by atoms with Gasteiger partial charge in [0.15, 0.2) is 5.76 Å². The fraction of sp³-hybridized carbons (Fsp3) is 0.0833. The molecule has 0 fully saturated rings. The molecule has 6 nitrogen and oxygen atoms in total. The smallest absolute Gasteiger partial charge is 0.256 e. The van der Waals surface area contributed by atoms with Gasteiger partial charge in [0.1, 0.15) is 17.3 Å². The Labute approximate surface area is 178 Å². The Bertz CT molecular complexity index is 1220. The van der Waals surface area contributed by atoms with Crippen LogP contribution in [0.25, 0.3) is 22.8 Å². The van der Waals surface area contributed by atoms with Gasteiger partial charge in [0, 0.05) is 17.3 Å². The quantitative estimate of drug-likeness (QED) is 0.453. The normalized spacial score (nSPS) is 10.5. The molecule has 0 unspecified atom stereocenters. The van der Waals surface area contributed by atoms with Gasteiger partial charge in [-0.15, -0.1) is 0 Å². The van der Waals surface area contributed by atoms with E-state index in [1.54, 1.807) is 56.8 Å². The average Bonchev–Trinajstić information content (AvgIpc) is 3.30. The van der Waals surface area contributed by atoms with Crippen molar-refractivity contribution in [1.82, 2.24) is 4.98 Å². The zero-order valence-electron chi connectivity index (χ0n) is 16.9. The highest BCUT2D eigenvalue weighted by molar-refractivity contribution is 6.08. The standard InChI is InChI=1S/C24H19FN2O4/c1-29-17-11-12-20(21(13-17)30-2)22-14-26-24(31-22)19-6-4-3-5-18(19)23(28)27-16-9-7-15(25)8-10-16/h3-14H,1-2H3,(H,27,28). The first-order chi connectivity index (χ1) is 15.1. The van der Waals surface area contributed by atoms with E-state index in [4.69, 9.17) is 13.9 Å². The van der Waals surface area contributed by atoms with Crippen LogP contribution in [0.2, 0.25) is 0 Å². The minimum Gasteiger partial charge on any atom is -0.497 e. The summed E-state index contributed by atoms with van der Waals surface area (Å²) in [4.78, 5) is 17.2. The maximum atomic E-state index is 13.1. The number of oxazole rings is 1. The molecule has 1 aromatic heterocycles. The molecule has 31 heavy (non-hydrogen) atoms. The molecule has 0 spiro atoms. The average molecular weight is 418 g/mol. The van der Waals surface area contributed by atoms with E-state index in [-0.39, 0.29) is 17.6 Å². The molecule has 0 aliphatic heterocycles. The van der Waals surface area contributed by atoms with Gasteiger partial charge in [0.2, 0.25) is 5.89 Å². The second kappa shape index (κ2) is 8.71. The second-order valence-corrected chi connectivity index (χ2v) is 6.60. The van der Waals surface area contributed by atoms with Gasteiger partial charge in [-0.2, -0.15) is 0 Å². The fourth-order valence-corrected chi connectivity index (χ4v) is 3.12. The summed E-state index contributed by atoms with van der Waals surface area (Å²) < 4.78 is 29.8. The Morgan fingerprint density at radius 1 is 0.968 bits per heavy atom. The summed E-state index contributed by atoms with van der Waals surface area (Å²) in [6, 6.07) is 17.9. The number of benzene rings is 3. The lowest BCUT2D eigenvalue weighted by Gasteiger charge is -2.09. The van der Waals surface area contributed by atoms with Crippen molar-refractivity contribution in [2.45, 2.75) is 0 Å². The van der Waals surface area contributed by atoms with E-state index < -0.39 is 0 Å². The minimum absolute atomic E-state index is 0.290. The minimum atomic E-state index is -0.375. The third-order valence-corrected chi connectivity index (χ3v) is 4.68. The number of hydrogen-bond acceptors (Lipinski definition) is 5. The molecule has 4 aromatic rings. The number of nitrogens with one attached hydrogen (secondary N) is 1. The Balaban J connectivity index is 1.66. The molecule has 0 aliphatic rings. The number of halogens is 1. The SMILES string of the molecule is COc1ccc(-c2cnc(-c3ccccc3C(=O)Nc3ccc(F)cc3)o2)c(OC)c1. The van der Waals surface area contributed by atoms with E-state index in [0.717, 1.165) is 0 Å². The summed E-state index contributed by atoms with van der Waals surface area (Å²) in [6.45, 7) is 0. The summed E-state index contributed by atoms with van der Waals surface area (Å²) in [5.41, 5.74) is 2.09. The summed E-state index contributed by atoms with van der Waals surface area (Å²) in [6.07, 6.45) is 1.58. The number of nitrogens with zero attached hydrogens (tertiary/aromatic N) is 1. The monoisotopic (exact) mass is 418 g/mol. The number of anilines is 1. The summed E-state index contributed by atoms with van der Waals surface area (Å²) in [5, 5.41) is 2.76. The fourth-order valence-electron chi connectivity index (χ4n) is 3.12. The lowest BCUT2D eigenvalue weighted by molar-refractivity contribution is 0.102. The van der Waals surface area contributed by atoms with Crippen molar-refractivity contribution >= 4 is 11.6 Å². The Morgan fingerprint density at radius 3 is 2.48 bits per heavy atom. The van der Waals surface area contributed by atoms with Crippen LogP contribution in [0.4, 0.5) is 10.1 Å². The predicted octanol–water partition coefficient (Wildman–Crippen LogP) is 5.42. The van der Waals surface area contributed by atoms with Gasteiger partial charge in [0.05, 0.1) is 31.5 Å². The van der Waals surface area contributed by atoms with Crippen LogP contribution >= 0.6 is 0 Å². The van der Waals surface area contributed by atoms with Crippen LogP contribution in [-0.2, 0) is 0 Å². The number of ether oxygens (including phenoxy) is 2. The van der Waals surface area contributed by atoms with Crippen molar-refractivity contribution in [1.29, 1.82) is 0 Å². The molecule has 4 rings (SSSR count). The lowest BCUT2D eigenvalue weighted by Crippen LogP contribution is -2.13. The molecule has 7 heteroatoms. The summed E-state index contributed by atoms with van der Waals surface area (Å²) in [7, 11) is 3.14. The third kappa shape index (κ3) is 4.25. The van der Waals surface area contributed by atoms with Crippen LogP contribution in [0.1, 0.15) is 10.4 Å². The van der Waals surface area contributed by atoms with Crippen molar-refractivity contribution in [2.75, 3.05) is 19.5 Å². The topological polar surface area (TPSA) is 73.6 Å². The maximum Gasteiger partial charge on any atom is 0.256 e. The summed E-state index contributed by atoms with van der Waals surface area (Å²) in [5.74, 6) is 1.28. The molecular formula is C24H19FN2O4. The van der Waals surface area contributed by atoms with Crippen molar-refractivity contribution in [3.05, 3.63) is 84.3 Å². The number of rotatable bonds is 6. The van der Waals surface area contributed by atoms with Crippen LogP contribution < -0.4 is 14.8 Å². The van der Waals surface area contributed by atoms with Crippen LogP contribution in [0, 0.1) is 5.82 Å². The molecule has 0 radical (unpaired) electrons. The van der Waals surface area contributed by atoms with Gasteiger partial charge in [-0.1, -0.05) is 12.1 Å². The van der Waals surface area contributed by atoms with Crippen molar-refractivity contribution in [3.8, 4) is 34.3 Å². The van der Waals surface area contributed by atoms with Gasteiger partial charge in [-0.25, -0.2) is 9.37 Å². The van der Waals surface area contributed by atoms with E-state index in [1.807, 2.05) is 6.07 Å². The zero-order chi connectivity index (χ0) is 21.8. The van der Waals surface area contributed by atoms with Gasteiger partial charge >= 0.3 is 0 Å². The molecule has 0 atom stereocenters. The molecule has 0 saturated heterocycles. The molecule has 156 valence electrons. The van der Waals surface area contributed by atoms with Gasteiger partial charge in [-0.3, -0.25) is 4.79 Å². The predicted molar refractivity (Wildman–Crippen MR) is 115 cm³/mol. The second-order valence-electron chi connectivity index (χ2n) is 6.60. The van der Waals surface area contributed by atoms with Crippen LogP contribution in [0.3, 0.4) is 0 Å². The zero-order valence-corrected chi connectivity index (χ0v) is 16.9. The van der Waals surface area contributed by atoms with E-state index in [9.17, 15) is 9.18 Å². The van der Waals surface area contributed by atoms with E-state index >= 15 is 0 Å². The Hall–Kier alpha value is -4.13. The van der Waals surface area contributed by atoms with Crippen molar-refractivity contribution in [2.24, 2.45) is 0 Å². The van der Waals surface area contributed by atoms with Crippen molar-refractivity contribution < 1.29 is 23.1 Å². The van der Waals surface area contributed by atoms with E-state index in [1.165, 1.54) is 24.3 Å². The van der Waals surface area contributed by atoms with Crippen molar-refractivity contribution in [3.63, 3.8) is 0 Å². The number of carbonyl (C=O) groups is 1. The molecule has 0 saturated carbocycles. The largest absolute Gasteiger partial charge is 0.497 e.